The van der Waals surface area contributed by atoms with Crippen molar-refractivity contribution < 1.29 is 15.0 Å². The molecular formula is C17H20N2O3. The van der Waals surface area contributed by atoms with E-state index in [0.717, 1.165) is 5.56 Å². The van der Waals surface area contributed by atoms with Gasteiger partial charge in [-0.05, 0) is 49.2 Å². The molecule has 0 aliphatic rings. The molecule has 0 aromatic heterocycles. The lowest BCUT2D eigenvalue weighted by atomic mass is 10.0. The van der Waals surface area contributed by atoms with E-state index >= 15 is 0 Å². The quantitative estimate of drug-likeness (QED) is 0.700. The van der Waals surface area contributed by atoms with E-state index in [0.29, 0.717) is 11.3 Å². The third kappa shape index (κ3) is 4.23. The zero-order chi connectivity index (χ0) is 16.1. The van der Waals surface area contributed by atoms with E-state index in [1.807, 2.05) is 25.1 Å². The minimum atomic E-state index is -0.858. The van der Waals surface area contributed by atoms with Gasteiger partial charge in [-0.3, -0.25) is 0 Å². The first kappa shape index (κ1) is 15.9. The van der Waals surface area contributed by atoms with Crippen LogP contribution in [0.1, 0.15) is 24.2 Å². The SMILES string of the molecule is Cc1cccc(NC(=O)NC(C)C(O)c2ccc(O)cc2)c1. The Morgan fingerprint density at radius 3 is 2.45 bits per heavy atom. The fraction of sp³-hybridized carbons (Fsp3) is 0.235. The molecule has 0 spiro atoms. The normalized spacial score (nSPS) is 13.2. The summed E-state index contributed by atoms with van der Waals surface area (Å²) in [4.78, 5) is 12.0. The van der Waals surface area contributed by atoms with Crippen LogP contribution in [0.4, 0.5) is 10.5 Å². The lowest BCUT2D eigenvalue weighted by Crippen LogP contribution is -2.39. The van der Waals surface area contributed by atoms with E-state index in [2.05, 4.69) is 10.6 Å². The number of aryl methyl sites for hydroxylation is 1. The molecule has 0 fully saturated rings. The summed E-state index contributed by atoms with van der Waals surface area (Å²) in [5, 5.41) is 24.9. The highest BCUT2D eigenvalue weighted by molar-refractivity contribution is 5.89. The summed E-state index contributed by atoms with van der Waals surface area (Å²) >= 11 is 0. The molecule has 0 saturated heterocycles. The second kappa shape index (κ2) is 6.95. The molecule has 0 radical (unpaired) electrons. The van der Waals surface area contributed by atoms with E-state index < -0.39 is 12.1 Å². The van der Waals surface area contributed by atoms with Gasteiger partial charge in [-0.25, -0.2) is 4.79 Å². The zero-order valence-electron chi connectivity index (χ0n) is 12.6. The molecule has 2 atom stereocenters. The number of amides is 2. The summed E-state index contributed by atoms with van der Waals surface area (Å²) in [5.74, 6) is 0.133. The number of urea groups is 1. The van der Waals surface area contributed by atoms with Crippen molar-refractivity contribution in [2.75, 3.05) is 5.32 Å². The number of nitrogens with one attached hydrogen (secondary N) is 2. The molecule has 2 aromatic rings. The molecule has 2 unspecified atom stereocenters. The van der Waals surface area contributed by atoms with E-state index in [4.69, 9.17) is 0 Å². The Labute approximate surface area is 129 Å². The molecule has 0 heterocycles. The van der Waals surface area contributed by atoms with Crippen molar-refractivity contribution in [3.63, 3.8) is 0 Å². The van der Waals surface area contributed by atoms with Crippen molar-refractivity contribution in [3.8, 4) is 5.75 Å². The van der Waals surface area contributed by atoms with Crippen LogP contribution < -0.4 is 10.6 Å². The minimum Gasteiger partial charge on any atom is -0.508 e. The van der Waals surface area contributed by atoms with Gasteiger partial charge in [0.25, 0.3) is 0 Å². The van der Waals surface area contributed by atoms with Crippen LogP contribution in [0.15, 0.2) is 48.5 Å². The van der Waals surface area contributed by atoms with Crippen molar-refractivity contribution in [1.82, 2.24) is 5.32 Å². The number of aliphatic hydroxyl groups is 1. The Balaban J connectivity index is 1.94. The second-order valence-corrected chi connectivity index (χ2v) is 5.29. The highest BCUT2D eigenvalue weighted by atomic mass is 16.3. The van der Waals surface area contributed by atoms with Crippen LogP contribution in [0.3, 0.4) is 0 Å². The summed E-state index contributed by atoms with van der Waals surface area (Å²) < 4.78 is 0. The fourth-order valence-corrected chi connectivity index (χ4v) is 2.14. The summed E-state index contributed by atoms with van der Waals surface area (Å²) in [6.07, 6.45) is -0.858. The van der Waals surface area contributed by atoms with Gasteiger partial charge in [0.05, 0.1) is 12.1 Å². The van der Waals surface area contributed by atoms with Crippen LogP contribution in [0, 0.1) is 6.92 Å². The van der Waals surface area contributed by atoms with Crippen LogP contribution in [0.5, 0.6) is 5.75 Å². The number of phenols is 1. The number of carbonyl (C=O) groups is 1. The first-order chi connectivity index (χ1) is 10.5. The molecule has 2 rings (SSSR count). The maximum absolute atomic E-state index is 12.0. The van der Waals surface area contributed by atoms with Gasteiger partial charge in [-0.1, -0.05) is 24.3 Å². The summed E-state index contributed by atoms with van der Waals surface area (Å²) in [6, 6.07) is 12.8. The molecule has 0 aliphatic heterocycles. The van der Waals surface area contributed by atoms with Gasteiger partial charge < -0.3 is 20.8 Å². The van der Waals surface area contributed by atoms with Crippen molar-refractivity contribution in [2.45, 2.75) is 26.0 Å². The molecule has 22 heavy (non-hydrogen) atoms. The van der Waals surface area contributed by atoms with E-state index in [-0.39, 0.29) is 11.8 Å². The van der Waals surface area contributed by atoms with Gasteiger partial charge in [0, 0.05) is 5.69 Å². The molecule has 2 aromatic carbocycles. The fourth-order valence-electron chi connectivity index (χ4n) is 2.14. The number of hydrogen-bond acceptors (Lipinski definition) is 3. The minimum absolute atomic E-state index is 0.133. The Morgan fingerprint density at radius 1 is 1.14 bits per heavy atom. The number of carbonyl (C=O) groups excluding carboxylic acids is 1. The number of rotatable bonds is 4. The van der Waals surface area contributed by atoms with Crippen LogP contribution in [0.2, 0.25) is 0 Å². The molecule has 5 nitrogen and oxygen atoms in total. The maximum Gasteiger partial charge on any atom is 0.319 e. The average molecular weight is 300 g/mol. The number of aliphatic hydroxyl groups excluding tert-OH is 1. The average Bonchev–Trinajstić information content (AvgIpc) is 2.47. The number of benzene rings is 2. The molecule has 0 aliphatic carbocycles. The Kier molecular flexibility index (Phi) is 5.01. The van der Waals surface area contributed by atoms with Crippen molar-refractivity contribution in [3.05, 3.63) is 59.7 Å². The first-order valence-electron chi connectivity index (χ1n) is 7.07. The van der Waals surface area contributed by atoms with E-state index in [9.17, 15) is 15.0 Å². The maximum atomic E-state index is 12.0. The van der Waals surface area contributed by atoms with Crippen LogP contribution in [-0.2, 0) is 0 Å². The Morgan fingerprint density at radius 2 is 1.82 bits per heavy atom. The summed E-state index contributed by atoms with van der Waals surface area (Å²) in [6.45, 7) is 3.66. The summed E-state index contributed by atoms with van der Waals surface area (Å²) in [5.41, 5.74) is 2.37. The van der Waals surface area contributed by atoms with Gasteiger partial charge >= 0.3 is 6.03 Å². The third-order valence-electron chi connectivity index (χ3n) is 3.34. The molecule has 116 valence electrons. The molecular weight excluding hydrogens is 280 g/mol. The monoisotopic (exact) mass is 300 g/mol. The highest BCUT2D eigenvalue weighted by Crippen LogP contribution is 2.19. The zero-order valence-corrected chi connectivity index (χ0v) is 12.6. The Hall–Kier alpha value is -2.53. The lowest BCUT2D eigenvalue weighted by molar-refractivity contribution is 0.139. The van der Waals surface area contributed by atoms with Gasteiger partial charge in [-0.2, -0.15) is 0 Å². The molecule has 2 amide bonds. The highest BCUT2D eigenvalue weighted by Gasteiger charge is 2.18. The number of hydrogen-bond donors (Lipinski definition) is 4. The van der Waals surface area contributed by atoms with Crippen molar-refractivity contribution >= 4 is 11.7 Å². The van der Waals surface area contributed by atoms with Crippen molar-refractivity contribution in [2.24, 2.45) is 0 Å². The number of anilines is 1. The Bertz CT molecular complexity index is 641. The van der Waals surface area contributed by atoms with Crippen LogP contribution in [-0.4, -0.2) is 22.3 Å². The number of phenolic OH excluding ortho intramolecular Hbond substituents is 1. The number of aromatic hydroxyl groups is 1. The summed E-state index contributed by atoms with van der Waals surface area (Å²) in [7, 11) is 0. The smallest absolute Gasteiger partial charge is 0.319 e. The van der Waals surface area contributed by atoms with E-state index in [1.165, 1.54) is 12.1 Å². The standard InChI is InChI=1S/C17H20N2O3/c1-11-4-3-5-14(10-11)19-17(22)18-12(2)16(21)13-6-8-15(20)9-7-13/h3-10,12,16,20-21H,1-2H3,(H2,18,19,22). The third-order valence-corrected chi connectivity index (χ3v) is 3.34. The lowest BCUT2D eigenvalue weighted by Gasteiger charge is -2.21. The topological polar surface area (TPSA) is 81.6 Å². The largest absolute Gasteiger partial charge is 0.508 e. The second-order valence-electron chi connectivity index (χ2n) is 5.29. The van der Waals surface area contributed by atoms with Crippen molar-refractivity contribution in [1.29, 1.82) is 0 Å². The molecule has 0 saturated carbocycles. The molecule has 0 bridgehead atoms. The van der Waals surface area contributed by atoms with Gasteiger partial charge in [0.2, 0.25) is 0 Å². The van der Waals surface area contributed by atoms with Gasteiger partial charge in [-0.15, -0.1) is 0 Å². The van der Waals surface area contributed by atoms with Crippen LogP contribution in [0.25, 0.3) is 0 Å². The van der Waals surface area contributed by atoms with E-state index in [1.54, 1.807) is 25.1 Å². The molecule has 5 heteroatoms. The first-order valence-corrected chi connectivity index (χ1v) is 7.07. The predicted molar refractivity (Wildman–Crippen MR) is 85.9 cm³/mol. The predicted octanol–water partition coefficient (Wildman–Crippen LogP) is 2.94. The molecule has 4 N–H and O–H groups in total. The van der Waals surface area contributed by atoms with Crippen LogP contribution >= 0.6 is 0 Å². The van der Waals surface area contributed by atoms with Gasteiger partial charge in [0.1, 0.15) is 5.75 Å². The van der Waals surface area contributed by atoms with Gasteiger partial charge in [0.15, 0.2) is 0 Å².